The molecule has 4 heteroatoms. The first-order valence-electron chi connectivity index (χ1n) is 10.9. The number of ketones is 1. The molecule has 8 fully saturated rings. The molecule has 8 bridgehead atoms. The minimum atomic E-state index is -1.17. The zero-order valence-corrected chi connectivity index (χ0v) is 15.5. The van der Waals surface area contributed by atoms with E-state index in [9.17, 15) is 14.7 Å². The number of carboxylic acid groups (broad SMARTS) is 1. The van der Waals surface area contributed by atoms with Crippen molar-refractivity contribution in [3.63, 3.8) is 0 Å². The molecule has 142 valence electrons. The molecule has 3 atom stereocenters. The molecule has 3 unspecified atom stereocenters. The predicted octanol–water partition coefficient (Wildman–Crippen LogP) is 4.66. The largest absolute Gasteiger partial charge is 0.506 e. The number of carbonyl (C=O) groups is 2. The highest BCUT2D eigenvalue weighted by Crippen LogP contribution is 2.66. The lowest BCUT2D eigenvalue weighted by Crippen LogP contribution is -2.64. The van der Waals surface area contributed by atoms with Crippen LogP contribution in [0.3, 0.4) is 0 Å². The summed E-state index contributed by atoms with van der Waals surface area (Å²) >= 11 is 0. The third-order valence-electron chi connectivity index (χ3n) is 9.38. The van der Waals surface area contributed by atoms with Gasteiger partial charge in [-0.1, -0.05) is 0 Å². The van der Waals surface area contributed by atoms with E-state index in [1.54, 1.807) is 0 Å². The van der Waals surface area contributed by atoms with E-state index in [2.05, 4.69) is 0 Å². The van der Waals surface area contributed by atoms with Crippen LogP contribution in [0, 0.1) is 46.8 Å². The van der Waals surface area contributed by atoms with Crippen molar-refractivity contribution in [1.82, 2.24) is 0 Å². The Bertz CT molecular complexity index is 618. The second-order valence-electron chi connectivity index (χ2n) is 11.1. The van der Waals surface area contributed by atoms with Crippen molar-refractivity contribution in [2.24, 2.45) is 46.8 Å². The molecule has 8 rings (SSSR count). The van der Waals surface area contributed by atoms with Crippen molar-refractivity contribution in [1.29, 1.82) is 0 Å². The lowest BCUT2D eigenvalue weighted by molar-refractivity contribution is -0.198. The van der Waals surface area contributed by atoms with Gasteiger partial charge in [-0.25, -0.2) is 4.79 Å². The zero-order chi connectivity index (χ0) is 17.7. The Morgan fingerprint density at radius 1 is 0.731 bits per heavy atom. The highest BCUT2D eigenvalue weighted by Gasteiger charge is 2.66. The third-order valence-corrected chi connectivity index (χ3v) is 9.38. The molecule has 0 amide bonds. The topological polar surface area (TPSA) is 63.6 Å². The Kier molecular flexibility index (Phi) is 3.10. The summed E-state index contributed by atoms with van der Waals surface area (Å²) in [6, 6.07) is 0. The van der Waals surface area contributed by atoms with Gasteiger partial charge in [-0.15, -0.1) is 0 Å². The van der Waals surface area contributed by atoms with Gasteiger partial charge in [0.05, 0.1) is 5.92 Å². The molecule has 4 nitrogen and oxygen atoms in total. The van der Waals surface area contributed by atoms with Gasteiger partial charge in [0.15, 0.2) is 0 Å². The van der Waals surface area contributed by atoms with Gasteiger partial charge in [-0.2, -0.15) is 0 Å². The molecule has 8 saturated carbocycles. The SMILES string of the molecule is O=C(O)OC12CC3CC(CC(C3)C1C(=O)C13CC4CC(CC(C4)C1)C3)C2. The average molecular weight is 358 g/mol. The van der Waals surface area contributed by atoms with E-state index in [0.29, 0.717) is 23.5 Å². The maximum absolute atomic E-state index is 14.1. The van der Waals surface area contributed by atoms with Crippen LogP contribution in [0.25, 0.3) is 0 Å². The molecule has 0 heterocycles. The van der Waals surface area contributed by atoms with Crippen molar-refractivity contribution < 1.29 is 19.4 Å². The fraction of sp³-hybridized carbons (Fsp3) is 0.909. The lowest BCUT2D eigenvalue weighted by atomic mass is 9.43. The maximum atomic E-state index is 14.1. The van der Waals surface area contributed by atoms with Crippen LogP contribution in [0.2, 0.25) is 0 Å². The van der Waals surface area contributed by atoms with Gasteiger partial charge in [0, 0.05) is 5.41 Å². The molecule has 8 aliphatic carbocycles. The molecular formula is C22H30O4. The molecule has 0 saturated heterocycles. The van der Waals surface area contributed by atoms with Crippen molar-refractivity contribution in [3.8, 4) is 0 Å². The highest BCUT2D eigenvalue weighted by atomic mass is 16.7. The number of carbonyl (C=O) groups excluding carboxylic acids is 1. The number of hydrogen-bond donors (Lipinski definition) is 1. The van der Waals surface area contributed by atoms with Gasteiger partial charge >= 0.3 is 6.16 Å². The van der Waals surface area contributed by atoms with Crippen LogP contribution < -0.4 is 0 Å². The Morgan fingerprint density at radius 2 is 1.19 bits per heavy atom. The summed E-state index contributed by atoms with van der Waals surface area (Å²) in [4.78, 5) is 25.7. The second-order valence-corrected chi connectivity index (χ2v) is 11.1. The van der Waals surface area contributed by atoms with Gasteiger partial charge in [-0.05, 0) is 106 Å². The monoisotopic (exact) mass is 358 g/mol. The van der Waals surface area contributed by atoms with Crippen molar-refractivity contribution in [3.05, 3.63) is 0 Å². The van der Waals surface area contributed by atoms with Crippen LogP contribution in [-0.2, 0) is 9.53 Å². The van der Waals surface area contributed by atoms with E-state index in [1.807, 2.05) is 0 Å². The van der Waals surface area contributed by atoms with Gasteiger partial charge in [-0.3, -0.25) is 4.79 Å². The molecule has 0 aromatic carbocycles. The van der Waals surface area contributed by atoms with Crippen LogP contribution in [-0.4, -0.2) is 22.6 Å². The van der Waals surface area contributed by atoms with Crippen LogP contribution in [0.15, 0.2) is 0 Å². The van der Waals surface area contributed by atoms with E-state index in [1.165, 1.54) is 25.7 Å². The standard InChI is InChI=1S/C22H30O4/c23-19(21-7-12-1-13(8-21)3-14(2-12)9-21)18-17-5-15-4-16(6-17)11-22(18,10-15)26-20(24)25/h12-18H,1-11H2,(H,24,25). The number of hydrogen-bond acceptors (Lipinski definition) is 3. The Balaban J connectivity index is 1.38. The lowest BCUT2D eigenvalue weighted by Gasteiger charge is -2.62. The predicted molar refractivity (Wildman–Crippen MR) is 94.5 cm³/mol. The van der Waals surface area contributed by atoms with Gasteiger partial charge in [0.1, 0.15) is 11.4 Å². The normalized spacial score (nSPS) is 55.9. The van der Waals surface area contributed by atoms with Crippen LogP contribution >= 0.6 is 0 Å². The van der Waals surface area contributed by atoms with E-state index >= 15 is 0 Å². The third kappa shape index (κ3) is 2.08. The molecule has 0 spiro atoms. The van der Waals surface area contributed by atoms with Crippen molar-refractivity contribution in [2.75, 3.05) is 0 Å². The van der Waals surface area contributed by atoms with Crippen LogP contribution in [0.1, 0.15) is 70.6 Å². The molecule has 8 aliphatic rings. The fourth-order valence-electron chi connectivity index (χ4n) is 9.48. The van der Waals surface area contributed by atoms with Crippen molar-refractivity contribution >= 4 is 11.9 Å². The Hall–Kier alpha value is -1.06. The summed E-state index contributed by atoms with van der Waals surface area (Å²) in [6.07, 6.45) is 11.2. The molecule has 1 N–H and O–H groups in total. The first kappa shape index (κ1) is 15.9. The second kappa shape index (κ2) is 5.05. The Labute approximate surface area is 155 Å². The maximum Gasteiger partial charge on any atom is 0.506 e. The van der Waals surface area contributed by atoms with E-state index < -0.39 is 11.8 Å². The number of rotatable bonds is 3. The summed E-state index contributed by atoms with van der Waals surface area (Å²) in [7, 11) is 0. The summed E-state index contributed by atoms with van der Waals surface area (Å²) in [6.45, 7) is 0. The highest BCUT2D eigenvalue weighted by molar-refractivity contribution is 5.89. The van der Waals surface area contributed by atoms with Gasteiger partial charge < -0.3 is 9.84 Å². The molecule has 0 aliphatic heterocycles. The smallest absolute Gasteiger partial charge is 0.450 e. The molecule has 0 radical (unpaired) electrons. The van der Waals surface area contributed by atoms with Gasteiger partial charge in [0.25, 0.3) is 0 Å². The quantitative estimate of drug-likeness (QED) is 0.745. The summed E-state index contributed by atoms with van der Waals surface area (Å²) in [5.74, 6) is 4.06. The van der Waals surface area contributed by atoms with E-state index in [-0.39, 0.29) is 11.3 Å². The molecule has 26 heavy (non-hydrogen) atoms. The molecule has 0 aromatic rings. The van der Waals surface area contributed by atoms with Crippen LogP contribution in [0.4, 0.5) is 4.79 Å². The van der Waals surface area contributed by atoms with E-state index in [0.717, 1.165) is 62.7 Å². The Morgan fingerprint density at radius 3 is 1.65 bits per heavy atom. The first-order valence-corrected chi connectivity index (χ1v) is 10.9. The number of ether oxygens (including phenoxy) is 1. The molecule has 0 aromatic heterocycles. The minimum absolute atomic E-state index is 0.135. The number of Topliss-reactive ketones (excluding diaryl/α,β-unsaturated/α-hetero) is 1. The zero-order valence-electron chi connectivity index (χ0n) is 15.5. The summed E-state index contributed by atoms with van der Waals surface area (Å²) < 4.78 is 5.64. The van der Waals surface area contributed by atoms with E-state index in [4.69, 9.17) is 4.74 Å². The molecular weight excluding hydrogens is 328 g/mol. The first-order chi connectivity index (χ1) is 12.4. The summed E-state index contributed by atoms with van der Waals surface area (Å²) in [5.41, 5.74) is -0.829. The average Bonchev–Trinajstić information content (AvgIpc) is 2.51. The van der Waals surface area contributed by atoms with Gasteiger partial charge in [0.2, 0.25) is 0 Å². The van der Waals surface area contributed by atoms with Crippen LogP contribution in [0.5, 0.6) is 0 Å². The fourth-order valence-corrected chi connectivity index (χ4v) is 9.48. The van der Waals surface area contributed by atoms with Crippen molar-refractivity contribution in [2.45, 2.75) is 76.2 Å². The summed E-state index contributed by atoms with van der Waals surface area (Å²) in [5, 5.41) is 9.47. The minimum Gasteiger partial charge on any atom is -0.450 e.